The zero-order chi connectivity index (χ0) is 20.7. The summed E-state index contributed by atoms with van der Waals surface area (Å²) in [6, 6.07) is 16.4. The lowest BCUT2D eigenvalue weighted by atomic mass is 10.1. The Labute approximate surface area is 172 Å². The van der Waals surface area contributed by atoms with Crippen molar-refractivity contribution in [1.82, 2.24) is 14.5 Å². The Morgan fingerprint density at radius 2 is 1.66 bits per heavy atom. The minimum absolute atomic E-state index is 0.0348. The Balaban J connectivity index is 1.44. The van der Waals surface area contributed by atoms with E-state index in [-0.39, 0.29) is 17.3 Å². The van der Waals surface area contributed by atoms with E-state index in [0.29, 0.717) is 38.5 Å². The molecule has 1 amide bonds. The van der Waals surface area contributed by atoms with Gasteiger partial charge in [0.1, 0.15) is 5.75 Å². The van der Waals surface area contributed by atoms with Gasteiger partial charge in [-0.3, -0.25) is 9.69 Å². The first-order valence-electron chi connectivity index (χ1n) is 9.66. The molecular formula is C21H27N3O4S. The molecule has 8 heteroatoms. The zero-order valence-electron chi connectivity index (χ0n) is 16.6. The highest BCUT2D eigenvalue weighted by molar-refractivity contribution is 7.89. The van der Waals surface area contributed by atoms with Crippen LogP contribution in [0.5, 0.6) is 5.75 Å². The smallest absolute Gasteiger partial charge is 0.243 e. The number of hydrogen-bond acceptors (Lipinski definition) is 5. The van der Waals surface area contributed by atoms with Gasteiger partial charge in [-0.15, -0.1) is 0 Å². The van der Waals surface area contributed by atoms with Gasteiger partial charge >= 0.3 is 0 Å². The van der Waals surface area contributed by atoms with E-state index in [2.05, 4.69) is 5.32 Å². The second-order valence-electron chi connectivity index (χ2n) is 6.94. The van der Waals surface area contributed by atoms with Gasteiger partial charge in [-0.2, -0.15) is 4.31 Å². The molecule has 0 saturated carbocycles. The number of nitrogens with one attached hydrogen (secondary N) is 1. The predicted molar refractivity (Wildman–Crippen MR) is 111 cm³/mol. The topological polar surface area (TPSA) is 79.0 Å². The third kappa shape index (κ3) is 5.79. The molecule has 1 saturated heterocycles. The fraction of sp³-hybridized carbons (Fsp3) is 0.381. The molecule has 1 N–H and O–H groups in total. The maximum Gasteiger partial charge on any atom is 0.243 e. The van der Waals surface area contributed by atoms with Gasteiger partial charge in [0.2, 0.25) is 15.9 Å². The van der Waals surface area contributed by atoms with Gasteiger partial charge in [0.05, 0.1) is 18.6 Å². The van der Waals surface area contributed by atoms with E-state index in [1.54, 1.807) is 31.4 Å². The van der Waals surface area contributed by atoms with E-state index in [1.165, 1.54) is 9.87 Å². The molecule has 2 aromatic carbocycles. The van der Waals surface area contributed by atoms with Crippen molar-refractivity contribution in [3.8, 4) is 5.75 Å². The van der Waals surface area contributed by atoms with Crippen LogP contribution in [0.25, 0.3) is 0 Å². The lowest BCUT2D eigenvalue weighted by molar-refractivity contribution is -0.122. The average Bonchev–Trinajstić information content (AvgIpc) is 2.75. The van der Waals surface area contributed by atoms with Gasteiger partial charge in [-0.25, -0.2) is 8.42 Å². The molecule has 0 aromatic heterocycles. The van der Waals surface area contributed by atoms with Crippen LogP contribution >= 0.6 is 0 Å². The second-order valence-corrected chi connectivity index (χ2v) is 8.88. The van der Waals surface area contributed by atoms with E-state index >= 15 is 0 Å². The van der Waals surface area contributed by atoms with Crippen LogP contribution in [-0.4, -0.2) is 69.9 Å². The second kappa shape index (κ2) is 9.87. The first kappa shape index (κ1) is 21.3. The molecule has 29 heavy (non-hydrogen) atoms. The molecule has 0 bridgehead atoms. The van der Waals surface area contributed by atoms with Gasteiger partial charge in [-0.05, 0) is 36.2 Å². The van der Waals surface area contributed by atoms with Crippen molar-refractivity contribution < 1.29 is 17.9 Å². The first-order chi connectivity index (χ1) is 14.0. The van der Waals surface area contributed by atoms with E-state index in [4.69, 9.17) is 4.74 Å². The number of carbonyl (C=O) groups excluding carboxylic acids is 1. The fourth-order valence-corrected chi connectivity index (χ4v) is 4.70. The molecule has 1 aliphatic heterocycles. The number of hydrogen-bond donors (Lipinski definition) is 1. The highest BCUT2D eigenvalue weighted by Gasteiger charge is 2.29. The number of piperazine rings is 1. The summed E-state index contributed by atoms with van der Waals surface area (Å²) in [6.45, 7) is 2.67. The summed E-state index contributed by atoms with van der Waals surface area (Å²) in [5.74, 6) is 0.583. The van der Waals surface area contributed by atoms with E-state index in [1.807, 2.05) is 35.2 Å². The summed E-state index contributed by atoms with van der Waals surface area (Å²) < 4.78 is 32.1. The van der Waals surface area contributed by atoms with Gasteiger partial charge in [0, 0.05) is 32.7 Å². The Morgan fingerprint density at radius 3 is 2.28 bits per heavy atom. The van der Waals surface area contributed by atoms with Crippen LogP contribution in [0.1, 0.15) is 5.56 Å². The number of ether oxygens (including phenoxy) is 1. The molecule has 7 nitrogen and oxygen atoms in total. The zero-order valence-corrected chi connectivity index (χ0v) is 17.4. The van der Waals surface area contributed by atoms with E-state index in [9.17, 15) is 13.2 Å². The number of benzene rings is 2. The summed E-state index contributed by atoms with van der Waals surface area (Å²) in [4.78, 5) is 14.4. The Hall–Kier alpha value is -2.42. The molecule has 1 heterocycles. The number of rotatable bonds is 8. The molecule has 156 valence electrons. The molecule has 0 aliphatic carbocycles. The van der Waals surface area contributed by atoms with Crippen molar-refractivity contribution in [3.05, 3.63) is 60.2 Å². The largest absolute Gasteiger partial charge is 0.497 e. The van der Waals surface area contributed by atoms with Crippen LogP contribution in [0.15, 0.2) is 59.5 Å². The van der Waals surface area contributed by atoms with Gasteiger partial charge < -0.3 is 10.1 Å². The van der Waals surface area contributed by atoms with Crippen LogP contribution in [0.3, 0.4) is 0 Å². The van der Waals surface area contributed by atoms with Crippen LogP contribution < -0.4 is 10.1 Å². The van der Waals surface area contributed by atoms with E-state index in [0.717, 1.165) is 6.42 Å². The summed E-state index contributed by atoms with van der Waals surface area (Å²) >= 11 is 0. The molecule has 1 fully saturated rings. The van der Waals surface area contributed by atoms with Crippen molar-refractivity contribution >= 4 is 15.9 Å². The van der Waals surface area contributed by atoms with E-state index < -0.39 is 10.0 Å². The number of methoxy groups -OCH3 is 1. The standard InChI is InChI=1S/C21H27N3O4S/c1-28-19-7-9-20(10-8-19)29(26,27)24-15-13-23(14-16-24)17-21(25)22-12-11-18-5-3-2-4-6-18/h2-10H,11-17H2,1H3,(H,22,25). The quantitative estimate of drug-likeness (QED) is 0.702. The molecular weight excluding hydrogens is 390 g/mol. The number of sulfonamides is 1. The van der Waals surface area contributed by atoms with Gasteiger partial charge in [0.25, 0.3) is 0 Å². The predicted octanol–water partition coefficient (Wildman–Crippen LogP) is 1.36. The summed E-state index contributed by atoms with van der Waals surface area (Å²) in [5, 5.41) is 2.93. The lowest BCUT2D eigenvalue weighted by Gasteiger charge is -2.33. The summed E-state index contributed by atoms with van der Waals surface area (Å²) in [6.07, 6.45) is 0.792. The Morgan fingerprint density at radius 1 is 1.00 bits per heavy atom. The van der Waals surface area contributed by atoms with Crippen LogP contribution in [0.4, 0.5) is 0 Å². The average molecular weight is 418 g/mol. The highest BCUT2D eigenvalue weighted by Crippen LogP contribution is 2.20. The third-order valence-corrected chi connectivity index (χ3v) is 6.89. The van der Waals surface area contributed by atoms with Crippen LogP contribution in [0.2, 0.25) is 0 Å². The first-order valence-corrected chi connectivity index (χ1v) is 11.1. The summed E-state index contributed by atoms with van der Waals surface area (Å²) in [7, 11) is -1.99. The van der Waals surface area contributed by atoms with Crippen molar-refractivity contribution in [2.75, 3.05) is 46.4 Å². The lowest BCUT2D eigenvalue weighted by Crippen LogP contribution is -2.51. The van der Waals surface area contributed by atoms with Gasteiger partial charge in [-0.1, -0.05) is 30.3 Å². The fourth-order valence-electron chi connectivity index (χ4n) is 3.27. The van der Waals surface area contributed by atoms with Crippen molar-refractivity contribution in [3.63, 3.8) is 0 Å². The molecule has 0 unspecified atom stereocenters. The van der Waals surface area contributed by atoms with Crippen LogP contribution in [0, 0.1) is 0 Å². The molecule has 3 rings (SSSR count). The maximum absolute atomic E-state index is 12.8. The Kier molecular flexibility index (Phi) is 7.24. The molecule has 0 atom stereocenters. The normalized spacial score (nSPS) is 15.8. The molecule has 0 radical (unpaired) electrons. The van der Waals surface area contributed by atoms with Crippen molar-refractivity contribution in [1.29, 1.82) is 0 Å². The van der Waals surface area contributed by atoms with Crippen molar-refractivity contribution in [2.45, 2.75) is 11.3 Å². The molecule has 0 spiro atoms. The number of nitrogens with zero attached hydrogens (tertiary/aromatic N) is 2. The van der Waals surface area contributed by atoms with Gasteiger partial charge in [0.15, 0.2) is 0 Å². The molecule has 1 aliphatic rings. The highest BCUT2D eigenvalue weighted by atomic mass is 32.2. The molecule has 2 aromatic rings. The SMILES string of the molecule is COc1ccc(S(=O)(=O)N2CCN(CC(=O)NCCc3ccccc3)CC2)cc1. The minimum Gasteiger partial charge on any atom is -0.497 e. The Bertz CT molecular complexity index is 893. The number of amides is 1. The monoisotopic (exact) mass is 417 g/mol. The third-order valence-electron chi connectivity index (χ3n) is 4.97. The minimum atomic E-state index is -3.53. The van der Waals surface area contributed by atoms with Crippen molar-refractivity contribution in [2.24, 2.45) is 0 Å². The summed E-state index contributed by atoms with van der Waals surface area (Å²) in [5.41, 5.74) is 1.19. The number of carbonyl (C=O) groups is 1. The van der Waals surface area contributed by atoms with Crippen LogP contribution in [-0.2, 0) is 21.2 Å². The maximum atomic E-state index is 12.8.